The second-order valence-corrected chi connectivity index (χ2v) is 6.20. The van der Waals surface area contributed by atoms with Crippen LogP contribution in [-0.4, -0.2) is 49.6 Å². The minimum absolute atomic E-state index is 0.0312. The normalized spacial score (nSPS) is 16.8. The molecule has 1 N–H and O–H groups in total. The van der Waals surface area contributed by atoms with Crippen LogP contribution in [0.5, 0.6) is 5.75 Å². The highest BCUT2D eigenvalue weighted by molar-refractivity contribution is 6.05. The quantitative estimate of drug-likeness (QED) is 0.917. The molecule has 26 heavy (non-hydrogen) atoms. The number of nitrogens with zero attached hydrogens (tertiary/aromatic N) is 1. The SMILES string of the molecule is COc1cccc(C(=O)Nc2cccc(C(=O)N3CCOC(C)C3)c2)c1. The number of carbonyl (C=O) groups is 2. The number of methoxy groups -OCH3 is 1. The average molecular weight is 354 g/mol. The molecule has 6 nitrogen and oxygen atoms in total. The lowest BCUT2D eigenvalue weighted by Crippen LogP contribution is -2.44. The summed E-state index contributed by atoms with van der Waals surface area (Å²) in [5.74, 6) is 0.300. The third kappa shape index (κ3) is 4.21. The first kappa shape index (κ1) is 17.9. The van der Waals surface area contributed by atoms with Crippen LogP contribution in [0.25, 0.3) is 0 Å². The zero-order chi connectivity index (χ0) is 18.5. The standard InChI is InChI=1S/C20H22N2O4/c1-14-13-22(9-10-26-14)20(24)16-6-3-7-17(11-16)21-19(23)15-5-4-8-18(12-15)25-2/h3-8,11-12,14H,9-10,13H2,1-2H3,(H,21,23). The Hall–Kier alpha value is -2.86. The fourth-order valence-corrected chi connectivity index (χ4v) is 2.88. The van der Waals surface area contributed by atoms with Gasteiger partial charge in [-0.25, -0.2) is 0 Å². The van der Waals surface area contributed by atoms with Crippen LogP contribution in [0.4, 0.5) is 5.69 Å². The van der Waals surface area contributed by atoms with E-state index in [-0.39, 0.29) is 17.9 Å². The molecule has 2 aromatic rings. The molecular weight excluding hydrogens is 332 g/mol. The van der Waals surface area contributed by atoms with Crippen molar-refractivity contribution in [1.82, 2.24) is 4.90 Å². The van der Waals surface area contributed by atoms with Gasteiger partial charge in [-0.05, 0) is 43.3 Å². The molecular formula is C20H22N2O4. The van der Waals surface area contributed by atoms with Crippen molar-refractivity contribution < 1.29 is 19.1 Å². The summed E-state index contributed by atoms with van der Waals surface area (Å²) in [6.07, 6.45) is 0.0312. The molecule has 2 amide bonds. The number of hydrogen-bond donors (Lipinski definition) is 1. The van der Waals surface area contributed by atoms with Gasteiger partial charge in [0.05, 0.1) is 19.8 Å². The van der Waals surface area contributed by atoms with Crippen LogP contribution in [0.3, 0.4) is 0 Å². The molecule has 1 heterocycles. The van der Waals surface area contributed by atoms with E-state index in [9.17, 15) is 9.59 Å². The molecule has 1 aliphatic rings. The third-order valence-corrected chi connectivity index (χ3v) is 4.23. The molecule has 1 fully saturated rings. The molecule has 1 aliphatic heterocycles. The zero-order valence-corrected chi connectivity index (χ0v) is 14.9. The van der Waals surface area contributed by atoms with Crippen molar-refractivity contribution in [2.45, 2.75) is 13.0 Å². The zero-order valence-electron chi connectivity index (χ0n) is 14.9. The number of hydrogen-bond acceptors (Lipinski definition) is 4. The molecule has 0 radical (unpaired) electrons. The van der Waals surface area contributed by atoms with E-state index in [0.29, 0.717) is 42.3 Å². The monoisotopic (exact) mass is 354 g/mol. The van der Waals surface area contributed by atoms with Crippen molar-refractivity contribution in [3.8, 4) is 5.75 Å². The number of rotatable bonds is 4. The Bertz CT molecular complexity index is 806. The molecule has 2 aromatic carbocycles. The highest BCUT2D eigenvalue weighted by atomic mass is 16.5. The summed E-state index contributed by atoms with van der Waals surface area (Å²) in [5, 5.41) is 2.83. The van der Waals surface area contributed by atoms with E-state index >= 15 is 0 Å². The molecule has 136 valence electrons. The van der Waals surface area contributed by atoms with Crippen molar-refractivity contribution >= 4 is 17.5 Å². The summed E-state index contributed by atoms with van der Waals surface area (Å²) >= 11 is 0. The van der Waals surface area contributed by atoms with E-state index in [2.05, 4.69) is 5.32 Å². The predicted molar refractivity (Wildman–Crippen MR) is 98.7 cm³/mol. The molecule has 1 saturated heterocycles. The second-order valence-electron chi connectivity index (χ2n) is 6.20. The van der Waals surface area contributed by atoms with Crippen molar-refractivity contribution in [2.24, 2.45) is 0 Å². The fraction of sp³-hybridized carbons (Fsp3) is 0.300. The van der Waals surface area contributed by atoms with E-state index in [4.69, 9.17) is 9.47 Å². The van der Waals surface area contributed by atoms with Gasteiger partial charge in [-0.2, -0.15) is 0 Å². The Labute approximate surface area is 152 Å². The van der Waals surface area contributed by atoms with Crippen LogP contribution in [0.15, 0.2) is 48.5 Å². The number of amides is 2. The number of benzene rings is 2. The van der Waals surface area contributed by atoms with Gasteiger partial charge in [0.2, 0.25) is 0 Å². The lowest BCUT2D eigenvalue weighted by atomic mass is 10.1. The highest BCUT2D eigenvalue weighted by Gasteiger charge is 2.22. The smallest absolute Gasteiger partial charge is 0.255 e. The summed E-state index contributed by atoms with van der Waals surface area (Å²) < 4.78 is 10.6. The molecule has 3 rings (SSSR count). The van der Waals surface area contributed by atoms with E-state index in [1.807, 2.05) is 6.92 Å². The summed E-state index contributed by atoms with van der Waals surface area (Å²) in [5.41, 5.74) is 1.61. The van der Waals surface area contributed by atoms with Crippen molar-refractivity contribution in [3.05, 3.63) is 59.7 Å². The molecule has 1 atom stereocenters. The van der Waals surface area contributed by atoms with Crippen LogP contribution < -0.4 is 10.1 Å². The van der Waals surface area contributed by atoms with Crippen molar-refractivity contribution in [3.63, 3.8) is 0 Å². The number of anilines is 1. The third-order valence-electron chi connectivity index (χ3n) is 4.23. The van der Waals surface area contributed by atoms with Gasteiger partial charge in [0.25, 0.3) is 11.8 Å². The summed E-state index contributed by atoms with van der Waals surface area (Å²) in [6.45, 7) is 3.63. The average Bonchev–Trinajstić information content (AvgIpc) is 2.67. The van der Waals surface area contributed by atoms with Gasteiger partial charge in [-0.15, -0.1) is 0 Å². The first-order chi connectivity index (χ1) is 12.6. The molecule has 0 aromatic heterocycles. The number of nitrogens with one attached hydrogen (secondary N) is 1. The number of morpholine rings is 1. The Balaban J connectivity index is 1.72. The number of ether oxygens (including phenoxy) is 2. The molecule has 0 bridgehead atoms. The van der Waals surface area contributed by atoms with Gasteiger partial charge in [-0.1, -0.05) is 12.1 Å². The topological polar surface area (TPSA) is 67.9 Å². The van der Waals surface area contributed by atoms with E-state index < -0.39 is 0 Å². The first-order valence-electron chi connectivity index (χ1n) is 8.53. The highest BCUT2D eigenvalue weighted by Crippen LogP contribution is 2.17. The Morgan fingerprint density at radius 1 is 1.15 bits per heavy atom. The maximum Gasteiger partial charge on any atom is 0.255 e. The minimum Gasteiger partial charge on any atom is -0.497 e. The van der Waals surface area contributed by atoms with Gasteiger partial charge in [0.1, 0.15) is 5.75 Å². The van der Waals surface area contributed by atoms with Gasteiger partial charge in [0, 0.05) is 29.9 Å². The first-order valence-corrected chi connectivity index (χ1v) is 8.53. The van der Waals surface area contributed by atoms with Crippen molar-refractivity contribution in [2.75, 3.05) is 32.1 Å². The Morgan fingerprint density at radius 3 is 2.69 bits per heavy atom. The van der Waals surface area contributed by atoms with Gasteiger partial charge in [-0.3, -0.25) is 9.59 Å². The van der Waals surface area contributed by atoms with Crippen molar-refractivity contribution in [1.29, 1.82) is 0 Å². The molecule has 0 saturated carbocycles. The van der Waals surface area contributed by atoms with Crippen LogP contribution in [-0.2, 0) is 4.74 Å². The number of carbonyl (C=O) groups excluding carboxylic acids is 2. The van der Waals surface area contributed by atoms with Crippen LogP contribution in [0, 0.1) is 0 Å². The fourth-order valence-electron chi connectivity index (χ4n) is 2.88. The molecule has 0 aliphatic carbocycles. The van der Waals surface area contributed by atoms with Crippen LogP contribution in [0.1, 0.15) is 27.6 Å². The molecule has 0 spiro atoms. The van der Waals surface area contributed by atoms with Gasteiger partial charge < -0.3 is 19.7 Å². The summed E-state index contributed by atoms with van der Waals surface area (Å²) in [7, 11) is 1.55. The molecule has 1 unspecified atom stereocenters. The lowest BCUT2D eigenvalue weighted by Gasteiger charge is -2.31. The predicted octanol–water partition coefficient (Wildman–Crippen LogP) is 2.81. The van der Waals surface area contributed by atoms with E-state index in [1.165, 1.54) is 0 Å². The largest absolute Gasteiger partial charge is 0.497 e. The van der Waals surface area contributed by atoms with E-state index in [1.54, 1.807) is 60.5 Å². The maximum atomic E-state index is 12.7. The van der Waals surface area contributed by atoms with E-state index in [0.717, 1.165) is 0 Å². The van der Waals surface area contributed by atoms with Crippen LogP contribution in [0.2, 0.25) is 0 Å². The minimum atomic E-state index is -0.256. The summed E-state index contributed by atoms with van der Waals surface area (Å²) in [6, 6.07) is 13.9. The van der Waals surface area contributed by atoms with Gasteiger partial charge >= 0.3 is 0 Å². The Morgan fingerprint density at radius 2 is 1.92 bits per heavy atom. The second kappa shape index (κ2) is 8.01. The summed E-state index contributed by atoms with van der Waals surface area (Å²) in [4.78, 5) is 26.9. The van der Waals surface area contributed by atoms with Gasteiger partial charge in [0.15, 0.2) is 0 Å². The Kier molecular flexibility index (Phi) is 5.53. The molecule has 6 heteroatoms. The maximum absolute atomic E-state index is 12.7. The van der Waals surface area contributed by atoms with Crippen LogP contribution >= 0.6 is 0 Å². The lowest BCUT2D eigenvalue weighted by molar-refractivity contribution is -0.0124.